The minimum Gasteiger partial charge on any atom is -0.357 e. The maximum Gasteiger partial charge on any atom is 0.416 e. The predicted octanol–water partition coefficient (Wildman–Crippen LogP) is 6.70. The maximum absolute atomic E-state index is 14.3. The zero-order valence-corrected chi connectivity index (χ0v) is 27.0. The van der Waals surface area contributed by atoms with Gasteiger partial charge in [0, 0.05) is 24.5 Å². The lowest BCUT2D eigenvalue weighted by Crippen LogP contribution is -2.53. The lowest BCUT2D eigenvalue weighted by atomic mass is 10.0. The van der Waals surface area contributed by atoms with E-state index in [0.29, 0.717) is 15.9 Å². The third kappa shape index (κ3) is 8.44. The van der Waals surface area contributed by atoms with Crippen LogP contribution in [0.1, 0.15) is 16.7 Å². The van der Waals surface area contributed by atoms with Crippen molar-refractivity contribution in [1.82, 2.24) is 10.2 Å². The summed E-state index contributed by atoms with van der Waals surface area (Å²) in [5.41, 5.74) is -0.328. The van der Waals surface area contributed by atoms with Gasteiger partial charge in [-0.25, -0.2) is 8.42 Å². The number of anilines is 1. The van der Waals surface area contributed by atoms with E-state index < -0.39 is 51.9 Å². The molecule has 0 unspecified atom stereocenters. The lowest BCUT2D eigenvalue weighted by Gasteiger charge is -2.34. The molecule has 7 nitrogen and oxygen atoms in total. The summed E-state index contributed by atoms with van der Waals surface area (Å²) in [6, 6.07) is 24.0. The number of likely N-dealkylation sites (N-methyl/N-ethyl adjacent to an activating group) is 1. The first-order valence-electron chi connectivity index (χ1n) is 13.5. The molecule has 2 amide bonds. The molecule has 0 bridgehead atoms. The van der Waals surface area contributed by atoms with Crippen molar-refractivity contribution in [3.05, 3.63) is 129 Å². The second kappa shape index (κ2) is 14.5. The Morgan fingerprint density at radius 3 is 2.07 bits per heavy atom. The van der Waals surface area contributed by atoms with Crippen molar-refractivity contribution >= 4 is 55.1 Å². The molecule has 0 saturated carbocycles. The highest BCUT2D eigenvalue weighted by Gasteiger charge is 2.37. The standard InChI is InChI=1S/C32H28BrClF3N3O4S/c1-38-31(42)29(18-22-8-4-2-5-9-22)39(20-23-12-15-25(33)16-13-23)30(41)21-40(45(43,44)26-10-6-3-7-11-26)28-19-24(32(35,36)37)14-17-27(28)34/h2-17,19,29H,18,20-21H2,1H3,(H,38,42)/t29-/m1/s1. The molecule has 0 radical (unpaired) electrons. The van der Waals surface area contributed by atoms with Crippen LogP contribution < -0.4 is 9.62 Å². The molecule has 0 saturated heterocycles. The second-order valence-electron chi connectivity index (χ2n) is 9.96. The van der Waals surface area contributed by atoms with E-state index in [2.05, 4.69) is 21.2 Å². The molecule has 1 atom stereocenters. The van der Waals surface area contributed by atoms with Crippen molar-refractivity contribution in [2.75, 3.05) is 17.9 Å². The highest BCUT2D eigenvalue weighted by molar-refractivity contribution is 9.10. The Bertz CT molecular complexity index is 1740. The number of rotatable bonds is 11. The van der Waals surface area contributed by atoms with E-state index in [1.807, 2.05) is 0 Å². The Morgan fingerprint density at radius 2 is 1.49 bits per heavy atom. The number of nitrogens with one attached hydrogen (secondary N) is 1. The van der Waals surface area contributed by atoms with Crippen LogP contribution in [0.25, 0.3) is 0 Å². The molecular weight excluding hydrogens is 695 g/mol. The Balaban J connectivity index is 1.85. The number of alkyl halides is 3. The molecular formula is C32H28BrClF3N3O4S. The number of sulfonamides is 1. The van der Waals surface area contributed by atoms with Crippen LogP contribution in [0, 0.1) is 0 Å². The van der Waals surface area contributed by atoms with Crippen molar-refractivity contribution in [1.29, 1.82) is 0 Å². The Hall–Kier alpha value is -3.87. The van der Waals surface area contributed by atoms with Crippen molar-refractivity contribution < 1.29 is 31.2 Å². The van der Waals surface area contributed by atoms with Gasteiger partial charge in [-0.05, 0) is 53.6 Å². The van der Waals surface area contributed by atoms with E-state index in [-0.39, 0.29) is 22.9 Å². The van der Waals surface area contributed by atoms with Crippen LogP contribution in [0.15, 0.2) is 112 Å². The van der Waals surface area contributed by atoms with Gasteiger partial charge in [-0.3, -0.25) is 13.9 Å². The molecule has 4 aromatic carbocycles. The number of nitrogens with zero attached hydrogens (tertiary/aromatic N) is 2. The summed E-state index contributed by atoms with van der Waals surface area (Å²) >= 11 is 9.68. The number of carbonyl (C=O) groups excluding carboxylic acids is 2. The number of amides is 2. The summed E-state index contributed by atoms with van der Waals surface area (Å²) in [6.07, 6.45) is -4.74. The van der Waals surface area contributed by atoms with Gasteiger partial charge in [-0.2, -0.15) is 13.2 Å². The number of carbonyl (C=O) groups is 2. The molecule has 45 heavy (non-hydrogen) atoms. The molecule has 0 aromatic heterocycles. The van der Waals surface area contributed by atoms with Gasteiger partial charge in [0.15, 0.2) is 0 Å². The normalized spacial score (nSPS) is 12.3. The number of hydrogen-bond acceptors (Lipinski definition) is 4. The van der Waals surface area contributed by atoms with Gasteiger partial charge in [0.2, 0.25) is 11.8 Å². The molecule has 4 aromatic rings. The average molecular weight is 723 g/mol. The molecule has 13 heteroatoms. The number of hydrogen-bond donors (Lipinski definition) is 1. The number of halogens is 5. The minimum atomic E-state index is -4.82. The molecule has 0 heterocycles. The van der Waals surface area contributed by atoms with Crippen LogP contribution in [0.4, 0.5) is 18.9 Å². The van der Waals surface area contributed by atoms with Gasteiger partial charge >= 0.3 is 6.18 Å². The van der Waals surface area contributed by atoms with Gasteiger partial charge < -0.3 is 10.2 Å². The summed E-state index contributed by atoms with van der Waals surface area (Å²) in [7, 11) is -3.22. The van der Waals surface area contributed by atoms with E-state index in [9.17, 15) is 31.2 Å². The third-order valence-corrected chi connectivity index (χ3v) is 9.56. The SMILES string of the molecule is CNC(=O)[C@@H](Cc1ccccc1)N(Cc1ccc(Br)cc1)C(=O)CN(c1cc(C(F)(F)F)ccc1Cl)S(=O)(=O)c1ccccc1. The van der Waals surface area contributed by atoms with Crippen molar-refractivity contribution in [2.45, 2.75) is 30.1 Å². The first kappa shape index (κ1) is 34.0. The van der Waals surface area contributed by atoms with Crippen molar-refractivity contribution in [3.63, 3.8) is 0 Å². The smallest absolute Gasteiger partial charge is 0.357 e. The second-order valence-corrected chi connectivity index (χ2v) is 13.1. The topological polar surface area (TPSA) is 86.8 Å². The molecule has 1 N–H and O–H groups in total. The third-order valence-electron chi connectivity index (χ3n) is 6.94. The number of benzene rings is 4. The largest absolute Gasteiger partial charge is 0.416 e. The first-order chi connectivity index (χ1) is 21.3. The monoisotopic (exact) mass is 721 g/mol. The quantitative estimate of drug-likeness (QED) is 0.187. The van der Waals surface area contributed by atoms with Gasteiger partial charge in [-0.1, -0.05) is 88.2 Å². The summed E-state index contributed by atoms with van der Waals surface area (Å²) in [5, 5.41) is 2.25. The van der Waals surface area contributed by atoms with Gasteiger partial charge in [0.05, 0.1) is 21.2 Å². The molecule has 236 valence electrons. The van der Waals surface area contributed by atoms with E-state index >= 15 is 0 Å². The van der Waals surface area contributed by atoms with Crippen LogP contribution >= 0.6 is 27.5 Å². The van der Waals surface area contributed by atoms with Gasteiger partial charge in [0.1, 0.15) is 12.6 Å². The van der Waals surface area contributed by atoms with Gasteiger partial charge in [-0.15, -0.1) is 0 Å². The fourth-order valence-corrected chi connectivity index (χ4v) is 6.60. The van der Waals surface area contributed by atoms with E-state index in [1.165, 1.54) is 36.2 Å². The van der Waals surface area contributed by atoms with Gasteiger partial charge in [0.25, 0.3) is 10.0 Å². The lowest BCUT2D eigenvalue weighted by molar-refractivity contribution is -0.139. The summed E-state index contributed by atoms with van der Waals surface area (Å²) in [5.74, 6) is -1.35. The van der Waals surface area contributed by atoms with Crippen molar-refractivity contribution in [2.24, 2.45) is 0 Å². The summed E-state index contributed by atoms with van der Waals surface area (Å²) in [6.45, 7) is -1.05. The zero-order chi connectivity index (χ0) is 32.8. The van der Waals surface area contributed by atoms with Crippen LogP contribution in [-0.4, -0.2) is 44.8 Å². The van der Waals surface area contributed by atoms with Crippen LogP contribution in [0.5, 0.6) is 0 Å². The molecule has 0 spiro atoms. The Morgan fingerprint density at radius 1 is 0.889 bits per heavy atom. The fraction of sp³-hybridized carbons (Fsp3) is 0.188. The van der Waals surface area contributed by atoms with Crippen molar-refractivity contribution in [3.8, 4) is 0 Å². The summed E-state index contributed by atoms with van der Waals surface area (Å²) in [4.78, 5) is 28.5. The highest BCUT2D eigenvalue weighted by Crippen LogP contribution is 2.37. The molecule has 0 fully saturated rings. The Labute approximate surface area is 272 Å². The molecule has 0 aliphatic carbocycles. The Kier molecular flexibility index (Phi) is 10.9. The predicted molar refractivity (Wildman–Crippen MR) is 170 cm³/mol. The summed E-state index contributed by atoms with van der Waals surface area (Å²) < 4.78 is 70.5. The fourth-order valence-electron chi connectivity index (χ4n) is 4.62. The van der Waals surface area contributed by atoms with Crippen LogP contribution in [-0.2, 0) is 38.8 Å². The zero-order valence-electron chi connectivity index (χ0n) is 23.8. The molecule has 0 aliphatic heterocycles. The van der Waals surface area contributed by atoms with E-state index in [0.717, 1.165) is 22.2 Å². The molecule has 4 rings (SSSR count). The van der Waals surface area contributed by atoms with Crippen LogP contribution in [0.2, 0.25) is 5.02 Å². The molecule has 0 aliphatic rings. The first-order valence-corrected chi connectivity index (χ1v) is 16.2. The maximum atomic E-state index is 14.3. The minimum absolute atomic E-state index is 0.0819. The highest BCUT2D eigenvalue weighted by atomic mass is 79.9. The van der Waals surface area contributed by atoms with Crippen LogP contribution in [0.3, 0.4) is 0 Å². The average Bonchev–Trinajstić information content (AvgIpc) is 3.02. The van der Waals surface area contributed by atoms with E-state index in [4.69, 9.17) is 11.6 Å². The van der Waals surface area contributed by atoms with E-state index in [1.54, 1.807) is 60.7 Å².